The Labute approximate surface area is 147 Å². The van der Waals surface area contributed by atoms with Gasteiger partial charge < -0.3 is 9.32 Å². The minimum absolute atomic E-state index is 0.111. The van der Waals surface area contributed by atoms with Crippen molar-refractivity contribution >= 4 is 37.6 Å². The normalized spacial score (nSPS) is 16.6. The van der Waals surface area contributed by atoms with E-state index in [1.54, 1.807) is 17.5 Å². The van der Waals surface area contributed by atoms with E-state index in [0.717, 1.165) is 18.2 Å². The van der Waals surface area contributed by atoms with E-state index in [9.17, 15) is 13.2 Å². The van der Waals surface area contributed by atoms with Crippen molar-refractivity contribution in [2.24, 2.45) is 0 Å². The highest BCUT2D eigenvalue weighted by atomic mass is 32.2. The summed E-state index contributed by atoms with van der Waals surface area (Å²) in [6.45, 7) is 1.52. The predicted octanol–water partition coefficient (Wildman–Crippen LogP) is 1.52. The van der Waals surface area contributed by atoms with E-state index in [2.05, 4.69) is 19.6 Å². The van der Waals surface area contributed by atoms with Crippen LogP contribution < -0.4 is 15.4 Å². The zero-order valence-electron chi connectivity index (χ0n) is 13.1. The van der Waals surface area contributed by atoms with Crippen LogP contribution in [0.5, 0.6) is 0 Å². The summed E-state index contributed by atoms with van der Waals surface area (Å²) < 4.78 is 32.9. The number of piperidine rings is 1. The molecule has 1 aliphatic rings. The van der Waals surface area contributed by atoms with Crippen LogP contribution in [-0.4, -0.2) is 37.5 Å². The fourth-order valence-corrected chi connectivity index (χ4v) is 4.97. The molecule has 25 heavy (non-hydrogen) atoms. The smallest absolute Gasteiger partial charge is 0.408 e. The van der Waals surface area contributed by atoms with Gasteiger partial charge in [-0.2, -0.15) is 0 Å². The number of hydrogen-bond acceptors (Lipinski definition) is 7. The summed E-state index contributed by atoms with van der Waals surface area (Å²) in [6.07, 6.45) is 3.19. The van der Waals surface area contributed by atoms with E-state index in [-0.39, 0.29) is 10.9 Å². The van der Waals surface area contributed by atoms with Crippen LogP contribution in [0.25, 0.3) is 11.1 Å². The quantitative estimate of drug-likeness (QED) is 0.710. The van der Waals surface area contributed by atoms with Gasteiger partial charge in [-0.15, -0.1) is 11.3 Å². The van der Waals surface area contributed by atoms with Gasteiger partial charge in [0.2, 0.25) is 10.0 Å². The number of anilines is 1. The molecule has 0 amide bonds. The predicted molar refractivity (Wildman–Crippen MR) is 94.5 cm³/mol. The number of nitrogens with zero attached hydrogens (tertiary/aromatic N) is 2. The molecule has 1 aromatic carbocycles. The molecule has 8 nitrogen and oxygen atoms in total. The van der Waals surface area contributed by atoms with Crippen LogP contribution in [0.15, 0.2) is 43.9 Å². The van der Waals surface area contributed by atoms with Crippen LogP contribution in [0, 0.1) is 0 Å². The Bertz CT molecular complexity index is 1030. The maximum absolute atomic E-state index is 12.6. The highest BCUT2D eigenvalue weighted by Crippen LogP contribution is 2.23. The van der Waals surface area contributed by atoms with E-state index in [4.69, 9.17) is 4.42 Å². The lowest BCUT2D eigenvalue weighted by molar-refractivity contribution is 0.460. The summed E-state index contributed by atoms with van der Waals surface area (Å²) in [7, 11) is -3.66. The minimum Gasteiger partial charge on any atom is -0.408 e. The molecular weight excluding hydrogens is 364 g/mol. The third-order valence-corrected chi connectivity index (χ3v) is 6.56. The highest BCUT2D eigenvalue weighted by Gasteiger charge is 2.25. The molecular formula is C15H16N4O4S2. The third kappa shape index (κ3) is 3.32. The molecule has 0 radical (unpaired) electrons. The maximum atomic E-state index is 12.6. The lowest BCUT2D eigenvalue weighted by atomic mass is 10.1. The number of H-pyrrole nitrogens is 1. The SMILES string of the molecule is O=c1[nH]c2cc(S(=O)(=O)NC3CCN(c4nccs4)CC3)ccc2o1. The van der Waals surface area contributed by atoms with Crippen LogP contribution in [0.2, 0.25) is 0 Å². The molecule has 0 bridgehead atoms. The van der Waals surface area contributed by atoms with Crippen molar-refractivity contribution in [3.05, 3.63) is 40.3 Å². The number of thiazole rings is 1. The summed E-state index contributed by atoms with van der Waals surface area (Å²) in [5, 5.41) is 2.90. The zero-order valence-corrected chi connectivity index (χ0v) is 14.8. The van der Waals surface area contributed by atoms with Gasteiger partial charge in [0, 0.05) is 30.7 Å². The van der Waals surface area contributed by atoms with E-state index in [1.165, 1.54) is 18.2 Å². The molecule has 0 unspecified atom stereocenters. The number of nitrogens with one attached hydrogen (secondary N) is 2. The van der Waals surface area contributed by atoms with Crippen LogP contribution >= 0.6 is 11.3 Å². The lowest BCUT2D eigenvalue weighted by Crippen LogP contribution is -2.44. The summed E-state index contributed by atoms with van der Waals surface area (Å²) >= 11 is 1.58. The van der Waals surface area contributed by atoms with Crippen molar-refractivity contribution in [3.8, 4) is 0 Å². The van der Waals surface area contributed by atoms with E-state index >= 15 is 0 Å². The molecule has 1 fully saturated rings. The monoisotopic (exact) mass is 380 g/mol. The van der Waals surface area contributed by atoms with Gasteiger partial charge in [0.15, 0.2) is 10.7 Å². The average molecular weight is 380 g/mol. The molecule has 4 rings (SSSR count). The molecule has 0 atom stereocenters. The van der Waals surface area contributed by atoms with Crippen LogP contribution in [-0.2, 0) is 10.0 Å². The number of aromatic nitrogens is 2. The van der Waals surface area contributed by atoms with Crippen molar-refractivity contribution in [2.75, 3.05) is 18.0 Å². The Balaban J connectivity index is 1.46. The van der Waals surface area contributed by atoms with Crippen molar-refractivity contribution in [2.45, 2.75) is 23.8 Å². The minimum atomic E-state index is -3.66. The number of sulfonamides is 1. The largest absolute Gasteiger partial charge is 0.417 e. The Morgan fingerprint density at radius 1 is 1.32 bits per heavy atom. The highest BCUT2D eigenvalue weighted by molar-refractivity contribution is 7.89. The second-order valence-corrected chi connectivity index (χ2v) is 8.46. The van der Waals surface area contributed by atoms with Gasteiger partial charge in [0.1, 0.15) is 0 Å². The molecule has 0 saturated carbocycles. The second kappa shape index (κ2) is 6.28. The molecule has 132 valence electrons. The van der Waals surface area contributed by atoms with Crippen LogP contribution in [0.3, 0.4) is 0 Å². The van der Waals surface area contributed by atoms with E-state index in [1.807, 2.05) is 5.38 Å². The number of hydrogen-bond donors (Lipinski definition) is 2. The molecule has 2 N–H and O–H groups in total. The molecule has 1 aliphatic heterocycles. The number of benzene rings is 1. The summed E-state index contributed by atoms with van der Waals surface area (Å²) in [4.78, 5) is 20.2. The Morgan fingerprint density at radius 3 is 2.84 bits per heavy atom. The van der Waals surface area contributed by atoms with Crippen molar-refractivity contribution in [1.29, 1.82) is 0 Å². The fourth-order valence-electron chi connectivity index (χ4n) is 2.95. The molecule has 0 aliphatic carbocycles. The van der Waals surface area contributed by atoms with Gasteiger partial charge in [0.05, 0.1) is 10.4 Å². The third-order valence-electron chi connectivity index (χ3n) is 4.21. The van der Waals surface area contributed by atoms with Gasteiger partial charge in [-0.3, -0.25) is 4.98 Å². The first kappa shape index (κ1) is 16.3. The number of rotatable bonds is 4. The molecule has 0 spiro atoms. The molecule has 1 saturated heterocycles. The van der Waals surface area contributed by atoms with Gasteiger partial charge in [-0.25, -0.2) is 22.9 Å². The van der Waals surface area contributed by atoms with Gasteiger partial charge >= 0.3 is 5.76 Å². The van der Waals surface area contributed by atoms with Crippen molar-refractivity contribution in [1.82, 2.24) is 14.7 Å². The summed E-state index contributed by atoms with van der Waals surface area (Å²) in [5.41, 5.74) is 0.701. The topological polar surface area (TPSA) is 108 Å². The van der Waals surface area contributed by atoms with Gasteiger partial charge in [0.25, 0.3) is 0 Å². The van der Waals surface area contributed by atoms with Crippen LogP contribution in [0.1, 0.15) is 12.8 Å². The van der Waals surface area contributed by atoms with Crippen molar-refractivity contribution in [3.63, 3.8) is 0 Å². The number of oxazole rings is 1. The van der Waals surface area contributed by atoms with E-state index in [0.29, 0.717) is 23.9 Å². The Morgan fingerprint density at radius 2 is 2.12 bits per heavy atom. The first-order valence-electron chi connectivity index (χ1n) is 7.81. The standard InChI is InChI=1S/C15H16N4O4S2/c20-15-17-12-9-11(1-2-13(12)23-15)25(21,22)18-10-3-6-19(7-4-10)14-16-5-8-24-14/h1-2,5,8-10,18H,3-4,6-7H2,(H,17,20). The lowest BCUT2D eigenvalue weighted by Gasteiger charge is -2.31. The Kier molecular flexibility index (Phi) is 4.10. The fraction of sp³-hybridized carbons (Fsp3) is 0.333. The first-order valence-corrected chi connectivity index (χ1v) is 10.2. The Hall–Kier alpha value is -2.17. The van der Waals surface area contributed by atoms with Crippen LogP contribution in [0.4, 0.5) is 5.13 Å². The van der Waals surface area contributed by atoms with Crippen molar-refractivity contribution < 1.29 is 12.8 Å². The molecule has 3 heterocycles. The zero-order chi connectivity index (χ0) is 17.4. The van der Waals surface area contributed by atoms with Gasteiger partial charge in [-0.1, -0.05) is 0 Å². The average Bonchev–Trinajstić information content (AvgIpc) is 3.22. The number of aromatic amines is 1. The maximum Gasteiger partial charge on any atom is 0.417 e. The van der Waals surface area contributed by atoms with Gasteiger partial charge in [-0.05, 0) is 31.0 Å². The van der Waals surface area contributed by atoms with E-state index < -0.39 is 15.8 Å². The first-order chi connectivity index (χ1) is 12.0. The molecule has 2 aromatic heterocycles. The molecule has 3 aromatic rings. The number of fused-ring (bicyclic) bond motifs is 1. The second-order valence-electron chi connectivity index (χ2n) is 5.87. The summed E-state index contributed by atoms with van der Waals surface area (Å²) in [5.74, 6) is -0.605. The summed E-state index contributed by atoms with van der Waals surface area (Å²) in [6, 6.07) is 4.20. The molecule has 10 heteroatoms.